The summed E-state index contributed by atoms with van der Waals surface area (Å²) in [5, 5.41) is 0. The molecular weight excluding hydrogens is 338 g/mol. The number of hydrogen-bond acceptors (Lipinski definition) is 2. The Labute approximate surface area is 128 Å². The lowest BCUT2D eigenvalue weighted by atomic mass is 10.2. The molecule has 0 N–H and O–H groups in total. The monoisotopic (exact) mass is 353 g/mol. The summed E-state index contributed by atoms with van der Waals surface area (Å²) in [6.07, 6.45) is 0. The Balaban J connectivity index is 2.23. The Morgan fingerprint density at radius 1 is 1.10 bits per heavy atom. The van der Waals surface area contributed by atoms with Gasteiger partial charge in [0.05, 0.1) is 4.90 Å². The van der Waals surface area contributed by atoms with Crippen molar-refractivity contribution < 1.29 is 8.42 Å². The maximum Gasteiger partial charge on any atom is 0.243 e. The molecule has 0 amide bonds. The summed E-state index contributed by atoms with van der Waals surface area (Å²) in [5.41, 5.74) is 1.88. The van der Waals surface area contributed by atoms with Crippen LogP contribution in [-0.2, 0) is 16.6 Å². The summed E-state index contributed by atoms with van der Waals surface area (Å²) in [6.45, 7) is 2.23. The summed E-state index contributed by atoms with van der Waals surface area (Å²) in [5.74, 6) is 0. The summed E-state index contributed by atoms with van der Waals surface area (Å²) >= 11 is 3.36. The molecule has 2 aromatic carbocycles. The van der Waals surface area contributed by atoms with Crippen molar-refractivity contribution in [3.63, 3.8) is 0 Å². The van der Waals surface area contributed by atoms with Crippen molar-refractivity contribution in [2.45, 2.75) is 18.4 Å². The van der Waals surface area contributed by atoms with Crippen LogP contribution in [-0.4, -0.2) is 19.8 Å². The molecule has 0 spiro atoms. The fourth-order valence-corrected chi connectivity index (χ4v) is 3.42. The number of aryl methyl sites for hydroxylation is 1. The zero-order valence-electron chi connectivity index (χ0n) is 11.4. The van der Waals surface area contributed by atoms with Crippen LogP contribution in [0.4, 0.5) is 0 Å². The highest BCUT2D eigenvalue weighted by Gasteiger charge is 2.20. The van der Waals surface area contributed by atoms with E-state index in [-0.39, 0.29) is 0 Å². The van der Waals surface area contributed by atoms with E-state index in [9.17, 15) is 8.42 Å². The highest BCUT2D eigenvalue weighted by Crippen LogP contribution is 2.18. The van der Waals surface area contributed by atoms with Crippen molar-refractivity contribution in [3.05, 3.63) is 64.1 Å². The van der Waals surface area contributed by atoms with Crippen LogP contribution < -0.4 is 0 Å². The molecule has 5 heteroatoms. The van der Waals surface area contributed by atoms with E-state index in [1.54, 1.807) is 25.2 Å². The van der Waals surface area contributed by atoms with Crippen LogP contribution in [0.5, 0.6) is 0 Å². The third-order valence-electron chi connectivity index (χ3n) is 3.02. The molecular formula is C15H16BrNO2S. The smallest absolute Gasteiger partial charge is 0.207 e. The fourth-order valence-electron chi connectivity index (χ4n) is 1.89. The zero-order chi connectivity index (χ0) is 14.8. The van der Waals surface area contributed by atoms with Crippen LogP contribution in [0.3, 0.4) is 0 Å². The van der Waals surface area contributed by atoms with Gasteiger partial charge in [0.15, 0.2) is 0 Å². The Hall–Kier alpha value is -1.17. The van der Waals surface area contributed by atoms with Gasteiger partial charge in [-0.1, -0.05) is 40.2 Å². The van der Waals surface area contributed by atoms with Gasteiger partial charge in [-0.15, -0.1) is 0 Å². The van der Waals surface area contributed by atoms with E-state index in [4.69, 9.17) is 0 Å². The summed E-state index contributed by atoms with van der Waals surface area (Å²) < 4.78 is 27.3. The maximum absolute atomic E-state index is 12.5. The van der Waals surface area contributed by atoms with E-state index in [1.807, 2.05) is 37.3 Å². The second-order valence-electron chi connectivity index (χ2n) is 4.70. The zero-order valence-corrected chi connectivity index (χ0v) is 13.8. The summed E-state index contributed by atoms with van der Waals surface area (Å²) in [4.78, 5) is 0.331. The first-order valence-electron chi connectivity index (χ1n) is 6.17. The van der Waals surface area contributed by atoms with Gasteiger partial charge < -0.3 is 0 Å². The Morgan fingerprint density at radius 2 is 1.75 bits per heavy atom. The van der Waals surface area contributed by atoms with Crippen LogP contribution in [0, 0.1) is 6.92 Å². The predicted molar refractivity (Wildman–Crippen MR) is 84.0 cm³/mol. The van der Waals surface area contributed by atoms with Crippen LogP contribution in [0.25, 0.3) is 0 Å². The standard InChI is InChI=1S/C15H16BrNO2S/c1-12-4-3-5-15(10-12)20(18,19)17(2)11-13-6-8-14(16)9-7-13/h3-10H,11H2,1-2H3. The van der Waals surface area contributed by atoms with Gasteiger partial charge in [0.2, 0.25) is 10.0 Å². The minimum absolute atomic E-state index is 0.331. The van der Waals surface area contributed by atoms with Crippen molar-refractivity contribution >= 4 is 26.0 Å². The van der Waals surface area contributed by atoms with Crippen molar-refractivity contribution in [2.24, 2.45) is 0 Å². The number of halogens is 1. The van der Waals surface area contributed by atoms with Crippen molar-refractivity contribution in [1.29, 1.82) is 0 Å². The molecule has 0 heterocycles. The number of hydrogen-bond donors (Lipinski definition) is 0. The largest absolute Gasteiger partial charge is 0.243 e. The first kappa shape index (κ1) is 15.2. The quantitative estimate of drug-likeness (QED) is 0.842. The number of rotatable bonds is 4. The summed E-state index contributed by atoms with van der Waals surface area (Å²) in [6, 6.07) is 14.6. The molecule has 0 saturated carbocycles. The van der Waals surface area contributed by atoms with Crippen LogP contribution in [0.15, 0.2) is 57.9 Å². The van der Waals surface area contributed by atoms with E-state index in [1.165, 1.54) is 4.31 Å². The Bertz CT molecular complexity index is 696. The van der Waals surface area contributed by atoms with Crippen molar-refractivity contribution in [3.8, 4) is 0 Å². The molecule has 3 nitrogen and oxygen atoms in total. The third-order valence-corrected chi connectivity index (χ3v) is 5.34. The number of sulfonamides is 1. The first-order valence-corrected chi connectivity index (χ1v) is 8.40. The lowest BCUT2D eigenvalue weighted by molar-refractivity contribution is 0.466. The van der Waals surface area contributed by atoms with Gasteiger partial charge in [-0.2, -0.15) is 4.31 Å². The van der Waals surface area contributed by atoms with Crippen molar-refractivity contribution in [2.75, 3.05) is 7.05 Å². The number of nitrogens with zero attached hydrogens (tertiary/aromatic N) is 1. The molecule has 0 aliphatic carbocycles. The number of benzene rings is 2. The first-order chi connectivity index (χ1) is 9.39. The van der Waals surface area contributed by atoms with Crippen LogP contribution >= 0.6 is 15.9 Å². The molecule has 0 aliphatic rings. The van der Waals surface area contributed by atoms with Crippen LogP contribution in [0.1, 0.15) is 11.1 Å². The van der Waals surface area contributed by atoms with Gasteiger partial charge in [0, 0.05) is 18.1 Å². The molecule has 20 heavy (non-hydrogen) atoms. The molecule has 0 radical (unpaired) electrons. The Kier molecular flexibility index (Phi) is 4.62. The Morgan fingerprint density at radius 3 is 2.35 bits per heavy atom. The minimum Gasteiger partial charge on any atom is -0.207 e. The fraction of sp³-hybridized carbons (Fsp3) is 0.200. The molecule has 0 unspecified atom stereocenters. The SMILES string of the molecule is Cc1cccc(S(=O)(=O)N(C)Cc2ccc(Br)cc2)c1. The van der Waals surface area contributed by atoms with Crippen molar-refractivity contribution in [1.82, 2.24) is 4.31 Å². The molecule has 0 aromatic heterocycles. The topological polar surface area (TPSA) is 37.4 Å². The summed E-state index contributed by atoms with van der Waals surface area (Å²) in [7, 11) is -1.85. The second kappa shape index (κ2) is 6.08. The van der Waals surface area contributed by atoms with Gasteiger partial charge in [0.1, 0.15) is 0 Å². The molecule has 0 saturated heterocycles. The van der Waals surface area contributed by atoms with E-state index < -0.39 is 10.0 Å². The van der Waals surface area contributed by atoms with E-state index in [2.05, 4.69) is 15.9 Å². The van der Waals surface area contributed by atoms with E-state index >= 15 is 0 Å². The maximum atomic E-state index is 12.5. The molecule has 2 aromatic rings. The van der Waals surface area contributed by atoms with Gasteiger partial charge in [-0.05, 0) is 42.3 Å². The normalized spacial score (nSPS) is 11.8. The van der Waals surface area contributed by atoms with Gasteiger partial charge in [0.25, 0.3) is 0 Å². The lowest BCUT2D eigenvalue weighted by Crippen LogP contribution is -2.26. The van der Waals surface area contributed by atoms with E-state index in [0.717, 1.165) is 15.6 Å². The highest BCUT2D eigenvalue weighted by atomic mass is 79.9. The highest BCUT2D eigenvalue weighted by molar-refractivity contribution is 9.10. The average molecular weight is 354 g/mol. The molecule has 106 valence electrons. The molecule has 0 bridgehead atoms. The lowest BCUT2D eigenvalue weighted by Gasteiger charge is -2.17. The molecule has 0 aliphatic heterocycles. The predicted octanol–water partition coefficient (Wildman–Crippen LogP) is 3.58. The van der Waals surface area contributed by atoms with E-state index in [0.29, 0.717) is 11.4 Å². The van der Waals surface area contributed by atoms with Gasteiger partial charge in [-0.25, -0.2) is 8.42 Å². The molecule has 0 atom stereocenters. The van der Waals surface area contributed by atoms with Gasteiger partial charge >= 0.3 is 0 Å². The van der Waals surface area contributed by atoms with Gasteiger partial charge in [-0.3, -0.25) is 0 Å². The average Bonchev–Trinajstić information content (AvgIpc) is 2.41. The second-order valence-corrected chi connectivity index (χ2v) is 7.66. The van der Waals surface area contributed by atoms with Crippen LogP contribution in [0.2, 0.25) is 0 Å². The minimum atomic E-state index is -3.45. The molecule has 2 rings (SSSR count). The third kappa shape index (κ3) is 3.48. The molecule has 0 fully saturated rings.